The van der Waals surface area contributed by atoms with Crippen LogP contribution in [0.5, 0.6) is 0 Å². The molecule has 2 heterocycles. The first-order valence-corrected chi connectivity index (χ1v) is 10.1. The van der Waals surface area contributed by atoms with Gasteiger partial charge in [0.25, 0.3) is 0 Å². The third kappa shape index (κ3) is 1.80. The third-order valence-electron chi connectivity index (χ3n) is 5.19. The lowest BCUT2D eigenvalue weighted by Gasteiger charge is -2.09. The van der Waals surface area contributed by atoms with Crippen LogP contribution in [-0.2, 0) is 0 Å². The highest BCUT2D eigenvalue weighted by Crippen LogP contribution is 2.41. The summed E-state index contributed by atoms with van der Waals surface area (Å²) in [5.74, 6) is 0. The van der Waals surface area contributed by atoms with Crippen molar-refractivity contribution in [2.75, 3.05) is 11.5 Å². The number of benzene rings is 4. The van der Waals surface area contributed by atoms with Gasteiger partial charge in [0.05, 0.1) is 10.0 Å². The van der Waals surface area contributed by atoms with Crippen molar-refractivity contribution in [2.45, 2.75) is 0 Å². The minimum Gasteiger partial charge on any atom is -0.391 e. The average Bonchev–Trinajstić information content (AvgIpc) is 3.21. The van der Waals surface area contributed by atoms with Gasteiger partial charge in [-0.2, -0.15) is 0 Å². The van der Waals surface area contributed by atoms with Gasteiger partial charge in [0, 0.05) is 20.2 Å². The van der Waals surface area contributed by atoms with E-state index >= 15 is 0 Å². The Morgan fingerprint density at radius 3 is 1.27 bits per heavy atom. The molecule has 0 saturated carbocycles. The summed E-state index contributed by atoms with van der Waals surface area (Å²) in [7, 11) is 0. The zero-order chi connectivity index (χ0) is 17.4. The fraction of sp³-hybridized carbons (Fsp3) is 0. The van der Waals surface area contributed by atoms with Gasteiger partial charge in [0.1, 0.15) is 0 Å². The van der Waals surface area contributed by atoms with Gasteiger partial charge >= 0.3 is 0 Å². The van der Waals surface area contributed by atoms with Crippen LogP contribution in [0.4, 0.5) is 10.0 Å². The number of fused-ring (bicyclic) bond motifs is 9. The smallest absolute Gasteiger partial charge is 0.0869 e. The Balaban J connectivity index is 1.81. The van der Waals surface area contributed by atoms with Gasteiger partial charge < -0.3 is 11.5 Å². The Hall–Kier alpha value is -2.82. The molecule has 0 radical (unpaired) electrons. The van der Waals surface area contributed by atoms with Crippen LogP contribution < -0.4 is 11.5 Å². The van der Waals surface area contributed by atoms with E-state index in [1.165, 1.54) is 52.5 Å². The molecule has 4 N–H and O–H groups in total. The molecule has 6 aromatic rings. The first-order chi connectivity index (χ1) is 12.7. The molecule has 4 heteroatoms. The molecule has 0 aliphatic heterocycles. The molecule has 0 spiro atoms. The lowest BCUT2D eigenvalue weighted by Crippen LogP contribution is -1.81. The van der Waals surface area contributed by atoms with E-state index in [-0.39, 0.29) is 0 Å². The number of hydrogen-bond donors (Lipinski definition) is 2. The van der Waals surface area contributed by atoms with E-state index in [4.69, 9.17) is 11.5 Å². The predicted molar refractivity (Wildman–Crippen MR) is 119 cm³/mol. The van der Waals surface area contributed by atoms with Crippen molar-refractivity contribution in [3.8, 4) is 0 Å². The highest BCUT2D eigenvalue weighted by Gasteiger charge is 2.11. The Kier molecular flexibility index (Phi) is 2.69. The first kappa shape index (κ1) is 14.4. The Morgan fingerprint density at radius 1 is 0.462 bits per heavy atom. The third-order valence-corrected chi connectivity index (χ3v) is 7.22. The summed E-state index contributed by atoms with van der Waals surface area (Å²) in [6.07, 6.45) is 0. The Labute approximate surface area is 157 Å². The van der Waals surface area contributed by atoms with Crippen LogP contribution in [0.3, 0.4) is 0 Å². The monoisotopic (exact) mass is 370 g/mol. The van der Waals surface area contributed by atoms with Crippen molar-refractivity contribution >= 4 is 85.2 Å². The van der Waals surface area contributed by atoms with E-state index in [0.29, 0.717) is 0 Å². The topological polar surface area (TPSA) is 52.0 Å². The number of anilines is 2. The highest BCUT2D eigenvalue weighted by atomic mass is 32.1. The second kappa shape index (κ2) is 4.87. The van der Waals surface area contributed by atoms with Crippen LogP contribution in [0, 0.1) is 0 Å². The van der Waals surface area contributed by atoms with E-state index in [2.05, 4.69) is 60.7 Å². The normalized spacial score (nSPS) is 12.2. The van der Waals surface area contributed by atoms with Gasteiger partial charge in [0.15, 0.2) is 0 Å². The van der Waals surface area contributed by atoms with Gasteiger partial charge in [-0.3, -0.25) is 0 Å². The minimum atomic E-state index is 0.865. The molecular formula is C22H14N2S2. The number of hydrogen-bond acceptors (Lipinski definition) is 4. The van der Waals surface area contributed by atoms with Crippen LogP contribution in [-0.4, -0.2) is 0 Å². The number of rotatable bonds is 0. The molecule has 0 aliphatic rings. The summed E-state index contributed by atoms with van der Waals surface area (Å²) >= 11 is 3.33. The quantitative estimate of drug-likeness (QED) is 0.291. The Bertz CT molecular complexity index is 1390. The van der Waals surface area contributed by atoms with Crippen molar-refractivity contribution in [3.63, 3.8) is 0 Å². The molecule has 0 atom stereocenters. The molecule has 2 nitrogen and oxygen atoms in total. The van der Waals surface area contributed by atoms with Gasteiger partial charge in [0.2, 0.25) is 0 Å². The molecule has 0 amide bonds. The van der Waals surface area contributed by atoms with Crippen LogP contribution in [0.15, 0.2) is 60.7 Å². The second-order valence-electron chi connectivity index (χ2n) is 6.68. The fourth-order valence-corrected chi connectivity index (χ4v) is 5.98. The summed E-state index contributed by atoms with van der Waals surface area (Å²) in [5.41, 5.74) is 12.1. The lowest BCUT2D eigenvalue weighted by molar-refractivity contribution is 1.86. The molecular weight excluding hydrogens is 356 g/mol. The minimum absolute atomic E-state index is 0.865. The SMILES string of the molecule is Nc1cc2ccc3c4ccc5c(ccc6cc(N)sc65)c4ccc3c2s1. The molecule has 6 rings (SSSR count). The highest BCUT2D eigenvalue weighted by molar-refractivity contribution is 7.24. The molecule has 124 valence electrons. The van der Waals surface area contributed by atoms with E-state index in [0.717, 1.165) is 10.0 Å². The zero-order valence-corrected chi connectivity index (χ0v) is 15.4. The standard InChI is InChI=1S/C22H14N2S2/c23-19-9-11-1-3-15-13-5-8-18-16(4-2-12-10-20(24)26-22(12)18)14(13)6-7-17(15)21(11)25-19/h1-10H,23-24H2. The van der Waals surface area contributed by atoms with Crippen LogP contribution in [0.25, 0.3) is 52.5 Å². The predicted octanol–water partition coefficient (Wildman–Crippen LogP) is 6.74. The second-order valence-corrected chi connectivity index (χ2v) is 8.85. The van der Waals surface area contributed by atoms with Crippen molar-refractivity contribution in [1.29, 1.82) is 0 Å². The molecule has 0 fully saturated rings. The van der Waals surface area contributed by atoms with Gasteiger partial charge in [-0.25, -0.2) is 0 Å². The van der Waals surface area contributed by atoms with Crippen LogP contribution in [0.1, 0.15) is 0 Å². The number of nitrogens with two attached hydrogens (primary N) is 2. The summed E-state index contributed by atoms with van der Waals surface area (Å²) in [4.78, 5) is 0. The zero-order valence-electron chi connectivity index (χ0n) is 13.7. The summed E-state index contributed by atoms with van der Waals surface area (Å²) < 4.78 is 2.53. The van der Waals surface area contributed by atoms with E-state index in [9.17, 15) is 0 Å². The number of nitrogen functional groups attached to an aromatic ring is 2. The van der Waals surface area contributed by atoms with Gasteiger partial charge in [-0.15, -0.1) is 22.7 Å². The van der Waals surface area contributed by atoms with Gasteiger partial charge in [-0.05, 0) is 44.5 Å². The lowest BCUT2D eigenvalue weighted by atomic mass is 9.96. The van der Waals surface area contributed by atoms with E-state index in [1.807, 2.05) is 0 Å². The average molecular weight is 371 g/mol. The first-order valence-electron chi connectivity index (χ1n) is 8.44. The van der Waals surface area contributed by atoms with Crippen LogP contribution >= 0.6 is 22.7 Å². The molecule has 26 heavy (non-hydrogen) atoms. The summed E-state index contributed by atoms with van der Waals surface area (Å²) in [6, 6.07) is 21.9. The van der Waals surface area contributed by atoms with Crippen molar-refractivity contribution in [2.24, 2.45) is 0 Å². The van der Waals surface area contributed by atoms with E-state index in [1.54, 1.807) is 22.7 Å². The summed E-state index contributed by atoms with van der Waals surface area (Å²) in [6.45, 7) is 0. The maximum absolute atomic E-state index is 6.03. The van der Waals surface area contributed by atoms with Crippen molar-refractivity contribution in [1.82, 2.24) is 0 Å². The van der Waals surface area contributed by atoms with E-state index < -0.39 is 0 Å². The molecule has 2 aromatic heterocycles. The Morgan fingerprint density at radius 2 is 0.808 bits per heavy atom. The van der Waals surface area contributed by atoms with Crippen molar-refractivity contribution < 1.29 is 0 Å². The van der Waals surface area contributed by atoms with Gasteiger partial charge in [-0.1, -0.05) is 48.5 Å². The largest absolute Gasteiger partial charge is 0.391 e. The molecule has 0 saturated heterocycles. The molecule has 0 unspecified atom stereocenters. The molecule has 0 aliphatic carbocycles. The molecule has 4 aromatic carbocycles. The fourth-order valence-electron chi connectivity index (χ4n) is 4.07. The maximum Gasteiger partial charge on any atom is 0.0869 e. The molecule has 0 bridgehead atoms. The summed E-state index contributed by atoms with van der Waals surface area (Å²) in [5, 5.41) is 11.9. The van der Waals surface area contributed by atoms with Crippen molar-refractivity contribution in [3.05, 3.63) is 60.7 Å². The maximum atomic E-state index is 6.03. The van der Waals surface area contributed by atoms with Crippen LogP contribution in [0.2, 0.25) is 0 Å². The number of thiophene rings is 2.